The van der Waals surface area contributed by atoms with Crippen LogP contribution < -0.4 is 16.0 Å². The van der Waals surface area contributed by atoms with Crippen LogP contribution in [0.3, 0.4) is 0 Å². The molecule has 35 nitrogen and oxygen atoms in total. The Morgan fingerprint density at radius 2 is 0.683 bits per heavy atom. The first-order chi connectivity index (χ1) is 49.2. The predicted molar refractivity (Wildman–Crippen MR) is 389 cm³/mol. The van der Waals surface area contributed by atoms with Gasteiger partial charge in [-0.2, -0.15) is 0 Å². The Morgan fingerprint density at radius 1 is 0.413 bits per heavy atom. The molecule has 614 valence electrons. The van der Waals surface area contributed by atoms with Crippen LogP contribution in [-0.4, -0.2) is 300 Å². The van der Waals surface area contributed by atoms with Crippen LogP contribution in [0, 0.1) is 0 Å². The molecule has 43 heteroatoms. The minimum Gasteiger partial charge on any atom is -0.689 e. The summed E-state index contributed by atoms with van der Waals surface area (Å²) in [5.41, 5.74) is -1.26. The smallest absolute Gasteiger partial charge is 0.324 e. The van der Waals surface area contributed by atoms with E-state index in [4.69, 9.17) is 122 Å². The number of unbranched alkanes of at least 4 members (excludes halogenated alkanes) is 10. The number of amides is 3. The number of carbonyl (C=O) groups excluding carboxylic acids is 3. The van der Waals surface area contributed by atoms with Gasteiger partial charge in [-0.1, -0.05) is 52.4 Å². The molecule has 19 atom stereocenters. The Bertz CT molecular complexity index is 2350. The normalized spacial score (nSPS) is 28.2. The summed E-state index contributed by atoms with van der Waals surface area (Å²) in [4.78, 5) is 67.9. The van der Waals surface area contributed by atoms with E-state index in [9.17, 15) is 79.6 Å². The van der Waals surface area contributed by atoms with Gasteiger partial charge in [0.15, 0.2) is 18.9 Å². The maximum atomic E-state index is 12.5. The maximum Gasteiger partial charge on any atom is 0.324 e. The molecule has 0 aromatic carbocycles. The fourth-order valence-corrected chi connectivity index (χ4v) is 15.3. The van der Waals surface area contributed by atoms with Crippen LogP contribution in [0.15, 0.2) is 0 Å². The summed E-state index contributed by atoms with van der Waals surface area (Å²) < 4.78 is 105. The summed E-state index contributed by atoms with van der Waals surface area (Å²) in [6.45, 7) is -7.48. The second kappa shape index (κ2) is 53.0. The molecule has 0 bridgehead atoms. The zero-order valence-electron chi connectivity index (χ0n) is 60.1. The predicted octanol–water partition coefficient (Wildman–Crippen LogP) is 1.59. The molecule has 3 heterocycles. The van der Waals surface area contributed by atoms with Gasteiger partial charge in [0.25, 0.3) is 0 Å². The highest BCUT2D eigenvalue weighted by atomic mass is 32.7. The second-order valence-corrected chi connectivity index (χ2v) is 38.1. The van der Waals surface area contributed by atoms with Crippen LogP contribution in [0.25, 0.3) is 0 Å². The highest BCUT2D eigenvalue weighted by Crippen LogP contribution is 2.49. The van der Waals surface area contributed by atoms with Crippen molar-refractivity contribution in [3.63, 3.8) is 0 Å². The molecule has 0 saturated carbocycles. The van der Waals surface area contributed by atoms with Crippen LogP contribution in [0.1, 0.15) is 150 Å². The summed E-state index contributed by atoms with van der Waals surface area (Å²) in [5, 5.41) is 98.9. The molecule has 104 heavy (non-hydrogen) atoms. The van der Waals surface area contributed by atoms with Crippen LogP contribution in [0.5, 0.6) is 0 Å². The van der Waals surface area contributed by atoms with E-state index in [1.54, 1.807) is 13.8 Å². The molecule has 3 aliphatic heterocycles. The molecular formula is C61H118N3O32P4S4-. The lowest BCUT2D eigenvalue weighted by Gasteiger charge is -2.42. The van der Waals surface area contributed by atoms with E-state index in [0.717, 1.165) is 32.1 Å². The molecule has 3 rings (SSSR count). The van der Waals surface area contributed by atoms with Crippen molar-refractivity contribution in [3.05, 3.63) is 0 Å². The standard InChI is InChI=1S/C61H119N3O32P4S4/c1-42(2)97(77,101)87-30-13-9-7-6-8-12-29-86-61(23-11-10-14-31-88-98(78,102)89-32-18-15-26-83-58-49(62-43(3)68)55(74)52(71)46(37-65)94-58,40-81-24-21-35-92-99(79,103)90-33-19-16-27-84-59-50(63-44(4)69)56(75)53(72)47(38-66)95-59)41-82-25-22-36-93-100(80,104)91-34-20-17-28-85-60-51(64-45(5)70)57(76)54(73)48(39-67)96-60/h42,46-60,65-67,71-76H,6-41H2,1-5H3,(H,62,68)(H,63,69)(H,64,70)(H,77,101)(H,78,102)(H,79,103)(H,80,104)/p-1/t46?,47?,48?,49?,50?,51?,52-,53-,54-,55+,56+,57+,58+,59+,60+,61?,97?,98?,99?,100?/m0/s1. The fourth-order valence-electron chi connectivity index (χ4n) is 10.7. The monoisotopic (exact) mass is 1660 g/mol. The van der Waals surface area contributed by atoms with Crippen LogP contribution in [-0.2, 0) is 141 Å². The van der Waals surface area contributed by atoms with E-state index in [0.29, 0.717) is 83.8 Å². The van der Waals surface area contributed by atoms with Gasteiger partial charge in [-0.25, -0.2) is 0 Å². The molecule has 15 N–H and O–H groups in total. The molecule has 0 aromatic rings. The highest BCUT2D eigenvalue weighted by Gasteiger charge is 2.48. The van der Waals surface area contributed by atoms with Crippen molar-refractivity contribution in [3.8, 4) is 0 Å². The second-order valence-electron chi connectivity index (χ2n) is 25.7. The van der Waals surface area contributed by atoms with Gasteiger partial charge in [-0.05, 0) is 112 Å². The lowest BCUT2D eigenvalue weighted by atomic mass is 9.97. The van der Waals surface area contributed by atoms with Gasteiger partial charge in [-0.3, -0.25) is 14.4 Å². The lowest BCUT2D eigenvalue weighted by molar-refractivity contribution is -0.270. The zero-order valence-corrected chi connectivity index (χ0v) is 67.0. The minimum atomic E-state index is -3.71. The average Bonchev–Trinajstić information content (AvgIpc) is 0.816. The van der Waals surface area contributed by atoms with Gasteiger partial charge in [0.1, 0.15) is 78.7 Å². The third-order valence-corrected chi connectivity index (χ3v) is 24.8. The molecule has 3 aliphatic rings. The maximum absolute atomic E-state index is 12.5. The number of aliphatic hydroxyl groups excluding tert-OH is 9. The van der Waals surface area contributed by atoms with Crippen molar-refractivity contribution in [2.75, 3.05) is 119 Å². The summed E-state index contributed by atoms with van der Waals surface area (Å²) in [6, 6.07) is -3.31. The topological polar surface area (TPSA) is 495 Å². The first-order valence-corrected chi connectivity index (χ1v) is 45.9. The third kappa shape index (κ3) is 39.5. The highest BCUT2D eigenvalue weighted by molar-refractivity contribution is 8.34. The van der Waals surface area contributed by atoms with Crippen molar-refractivity contribution in [1.82, 2.24) is 16.0 Å². The van der Waals surface area contributed by atoms with Gasteiger partial charge in [0, 0.05) is 66.1 Å². The molecule has 0 spiro atoms. The molecule has 10 unspecified atom stereocenters. The van der Waals surface area contributed by atoms with Gasteiger partial charge >= 0.3 is 20.2 Å². The molecule has 3 amide bonds. The summed E-state index contributed by atoms with van der Waals surface area (Å²) in [7, 11) is 0. The van der Waals surface area contributed by atoms with Crippen molar-refractivity contribution >= 4 is 92.1 Å². The summed E-state index contributed by atoms with van der Waals surface area (Å²) in [6.07, 6.45) is -6.05. The average molecular weight is 1660 g/mol. The number of hydrogen-bond donors (Lipinski definition) is 15. The first-order valence-electron chi connectivity index (χ1n) is 35.4. The molecule has 0 radical (unpaired) electrons. The first kappa shape index (κ1) is 98.0. The number of aliphatic hydroxyl groups is 9. The number of rotatable bonds is 60. The Morgan fingerprint density at radius 3 is 0.990 bits per heavy atom. The van der Waals surface area contributed by atoms with E-state index >= 15 is 0 Å². The van der Waals surface area contributed by atoms with Gasteiger partial charge in [-0.15, -0.1) is 0 Å². The van der Waals surface area contributed by atoms with Crippen LogP contribution in [0.4, 0.5) is 0 Å². The van der Waals surface area contributed by atoms with E-state index in [1.165, 1.54) is 20.8 Å². The van der Waals surface area contributed by atoms with Crippen LogP contribution >= 0.6 is 26.7 Å². The Labute approximate surface area is 631 Å². The van der Waals surface area contributed by atoms with Crippen molar-refractivity contribution in [1.29, 1.82) is 0 Å². The Kier molecular flexibility index (Phi) is 50.0. The SMILES string of the molecule is CC(=O)NC1[C@H](OCCCCOP(O)(=S)OCCCCCC(COCCCOP(O)(=S)OCCCCO[C@@H]2OC(CO)[C@H](O)[C@H](O)C2NC(C)=O)(COCCCOP(O)(=S)OCCCCO[C@@H]2OC(CO)[C@H](O)[C@H](O)C2NC(C)=O)OCCCCCCCCOP(=O)([S-])C(C)C)OC(CO)[C@H](O)[C@@H]1O. The summed E-state index contributed by atoms with van der Waals surface area (Å²) >= 11 is 21.0. The van der Waals surface area contributed by atoms with Gasteiger partial charge in [0.05, 0.1) is 85.9 Å². The van der Waals surface area contributed by atoms with Gasteiger partial charge < -0.3 is 168 Å². The van der Waals surface area contributed by atoms with Crippen LogP contribution in [0.2, 0.25) is 0 Å². The Balaban J connectivity index is 1.61. The lowest BCUT2D eigenvalue weighted by Crippen LogP contribution is -2.64. The molecule has 0 aliphatic carbocycles. The quantitative estimate of drug-likeness (QED) is 0.0234. The third-order valence-electron chi connectivity index (χ3n) is 16.5. The van der Waals surface area contributed by atoms with Crippen molar-refractivity contribution in [2.24, 2.45) is 0 Å². The molecule has 3 fully saturated rings. The van der Waals surface area contributed by atoms with Crippen molar-refractivity contribution in [2.45, 2.75) is 253 Å². The van der Waals surface area contributed by atoms with E-state index < -0.39 is 162 Å². The zero-order chi connectivity index (χ0) is 77.4. The number of hydrogen-bond acceptors (Lipinski definition) is 33. The number of nitrogens with one attached hydrogen (secondary N) is 3. The Hall–Kier alpha value is -0.180. The largest absolute Gasteiger partial charge is 0.689 e. The molecular weight excluding hydrogens is 1540 g/mol. The number of carbonyl (C=O) groups is 3. The molecule has 0 aromatic heterocycles. The van der Waals surface area contributed by atoms with E-state index in [1.807, 2.05) is 0 Å². The molecule has 3 saturated heterocycles. The van der Waals surface area contributed by atoms with Crippen molar-refractivity contribution < 1.29 is 154 Å². The van der Waals surface area contributed by atoms with Gasteiger partial charge in [0.2, 0.25) is 17.7 Å². The number of ether oxygens (including phenoxy) is 9. The van der Waals surface area contributed by atoms with E-state index in [-0.39, 0.29) is 104 Å². The minimum absolute atomic E-state index is 0.00299. The van der Waals surface area contributed by atoms with E-state index in [2.05, 4.69) is 16.0 Å². The fraction of sp³-hybridized carbons (Fsp3) is 0.951. The summed E-state index contributed by atoms with van der Waals surface area (Å²) in [5.74, 6) is -1.48.